The fourth-order valence-electron chi connectivity index (χ4n) is 2.42. The van der Waals surface area contributed by atoms with Gasteiger partial charge in [-0.15, -0.1) is 0 Å². The molecule has 0 aliphatic carbocycles. The Bertz CT molecular complexity index is 366. The normalized spacial score (nSPS) is 27.3. The molecule has 16 heavy (non-hydrogen) atoms. The summed E-state index contributed by atoms with van der Waals surface area (Å²) in [6.07, 6.45) is 3.85. The first-order valence-electron chi connectivity index (χ1n) is 6.04. The van der Waals surface area contributed by atoms with Gasteiger partial charge >= 0.3 is 0 Å². The van der Waals surface area contributed by atoms with E-state index in [9.17, 15) is 0 Å². The second kappa shape index (κ2) is 4.84. The summed E-state index contributed by atoms with van der Waals surface area (Å²) in [6.45, 7) is 6.57. The average Bonchev–Trinajstić information content (AvgIpc) is 2.28. The van der Waals surface area contributed by atoms with E-state index in [0.717, 1.165) is 6.42 Å². The lowest BCUT2D eigenvalue weighted by Gasteiger charge is -2.31. The molecule has 1 aliphatic heterocycles. The minimum absolute atomic E-state index is 0.255. The molecule has 0 bridgehead atoms. The summed E-state index contributed by atoms with van der Waals surface area (Å²) in [7, 11) is 0. The molecule has 0 amide bonds. The third-order valence-corrected chi connectivity index (χ3v) is 3.31. The monoisotopic (exact) mass is 216 g/mol. The summed E-state index contributed by atoms with van der Waals surface area (Å²) in [5.74, 6) is 0.465. The quantitative estimate of drug-likeness (QED) is 0.681. The van der Waals surface area contributed by atoms with Crippen LogP contribution in [-0.2, 0) is 4.74 Å². The Kier molecular flexibility index (Phi) is 3.45. The molecule has 0 fully saturated rings. The van der Waals surface area contributed by atoms with Gasteiger partial charge < -0.3 is 4.74 Å². The van der Waals surface area contributed by atoms with Crippen molar-refractivity contribution in [3.8, 4) is 0 Å². The Morgan fingerprint density at radius 1 is 1.25 bits per heavy atom. The van der Waals surface area contributed by atoms with E-state index in [2.05, 4.69) is 57.2 Å². The summed E-state index contributed by atoms with van der Waals surface area (Å²) in [4.78, 5) is 0. The third-order valence-electron chi connectivity index (χ3n) is 3.31. The molecule has 1 unspecified atom stereocenters. The van der Waals surface area contributed by atoms with Gasteiger partial charge in [-0.2, -0.15) is 0 Å². The van der Waals surface area contributed by atoms with Gasteiger partial charge in [0.2, 0.25) is 0 Å². The molecule has 86 valence electrons. The van der Waals surface area contributed by atoms with Gasteiger partial charge in [0.15, 0.2) is 0 Å². The Labute approximate surface area is 98.1 Å². The van der Waals surface area contributed by atoms with Gasteiger partial charge in [0.25, 0.3) is 0 Å². The van der Waals surface area contributed by atoms with Crippen LogP contribution in [0.25, 0.3) is 0 Å². The zero-order valence-corrected chi connectivity index (χ0v) is 10.3. The summed E-state index contributed by atoms with van der Waals surface area (Å²) >= 11 is 0. The molecule has 0 spiro atoms. The topological polar surface area (TPSA) is 9.23 Å². The van der Waals surface area contributed by atoms with Crippen LogP contribution in [0, 0.1) is 0 Å². The average molecular weight is 216 g/mol. The molecular weight excluding hydrogens is 196 g/mol. The van der Waals surface area contributed by atoms with Gasteiger partial charge in [-0.3, -0.25) is 0 Å². The number of hydrogen-bond donors (Lipinski definition) is 0. The van der Waals surface area contributed by atoms with Crippen LogP contribution < -0.4 is 0 Å². The molecule has 0 radical (unpaired) electrons. The van der Waals surface area contributed by atoms with Crippen molar-refractivity contribution in [3.05, 3.63) is 47.5 Å². The van der Waals surface area contributed by atoms with Crippen molar-refractivity contribution in [2.24, 2.45) is 0 Å². The fraction of sp³-hybridized carbons (Fsp3) is 0.467. The van der Waals surface area contributed by atoms with Gasteiger partial charge in [0.1, 0.15) is 0 Å². The van der Waals surface area contributed by atoms with Crippen molar-refractivity contribution in [3.63, 3.8) is 0 Å². The number of ether oxygens (including phenoxy) is 1. The molecular formula is C15H20O. The molecule has 1 heteroatoms. The number of benzene rings is 1. The molecule has 1 aromatic rings. The molecule has 0 saturated heterocycles. The summed E-state index contributed by atoms with van der Waals surface area (Å²) < 4.78 is 6.00. The third kappa shape index (κ3) is 2.53. The highest BCUT2D eigenvalue weighted by molar-refractivity contribution is 5.21. The van der Waals surface area contributed by atoms with Crippen molar-refractivity contribution < 1.29 is 4.74 Å². The summed E-state index contributed by atoms with van der Waals surface area (Å²) in [5.41, 5.74) is 2.82. The molecule has 1 nitrogen and oxygen atoms in total. The van der Waals surface area contributed by atoms with Gasteiger partial charge in [-0.05, 0) is 25.8 Å². The predicted molar refractivity (Wildman–Crippen MR) is 67.6 cm³/mol. The van der Waals surface area contributed by atoms with E-state index in [1.807, 2.05) is 0 Å². The Morgan fingerprint density at radius 3 is 2.56 bits per heavy atom. The molecule has 1 aliphatic rings. The highest BCUT2D eigenvalue weighted by Gasteiger charge is 2.24. The van der Waals surface area contributed by atoms with E-state index in [0.29, 0.717) is 12.0 Å². The predicted octanol–water partition coefficient (Wildman–Crippen LogP) is 3.91. The Hall–Kier alpha value is -1.08. The van der Waals surface area contributed by atoms with E-state index in [1.165, 1.54) is 11.1 Å². The first kappa shape index (κ1) is 11.4. The molecule has 0 N–H and O–H groups in total. The maximum absolute atomic E-state index is 6.00. The zero-order valence-electron chi connectivity index (χ0n) is 10.3. The molecule has 0 aromatic heterocycles. The maximum atomic E-state index is 6.00. The first-order valence-corrected chi connectivity index (χ1v) is 6.04. The van der Waals surface area contributed by atoms with Gasteiger partial charge in [-0.1, -0.05) is 48.9 Å². The van der Waals surface area contributed by atoms with E-state index >= 15 is 0 Å². The summed E-state index contributed by atoms with van der Waals surface area (Å²) in [5, 5.41) is 0. The van der Waals surface area contributed by atoms with Gasteiger partial charge in [0.05, 0.1) is 12.2 Å². The molecule has 0 saturated carbocycles. The van der Waals surface area contributed by atoms with Crippen molar-refractivity contribution in [2.45, 2.75) is 45.3 Å². The number of rotatable bonds is 2. The number of hydrogen-bond acceptors (Lipinski definition) is 1. The van der Waals surface area contributed by atoms with Crippen LogP contribution in [0.3, 0.4) is 0 Å². The smallest absolute Gasteiger partial charge is 0.0734 e. The van der Waals surface area contributed by atoms with Crippen LogP contribution >= 0.6 is 0 Å². The maximum Gasteiger partial charge on any atom is 0.0734 e. The van der Waals surface area contributed by atoms with E-state index in [1.54, 1.807) is 0 Å². The second-order valence-electron chi connectivity index (χ2n) is 4.80. The van der Waals surface area contributed by atoms with Crippen LogP contribution in [0.15, 0.2) is 42.0 Å². The van der Waals surface area contributed by atoms with Crippen molar-refractivity contribution >= 4 is 0 Å². The first-order chi connectivity index (χ1) is 7.66. The molecule has 2 rings (SSSR count). The van der Waals surface area contributed by atoms with Crippen LogP contribution in [0.5, 0.6) is 0 Å². The van der Waals surface area contributed by atoms with Crippen molar-refractivity contribution in [1.82, 2.24) is 0 Å². The SMILES string of the molecule is CC1=C[C@@H](C)O[C@@H](C(C)c2ccccc2)C1. The fourth-order valence-corrected chi connectivity index (χ4v) is 2.42. The lowest BCUT2D eigenvalue weighted by Crippen LogP contribution is -2.28. The Balaban J connectivity index is 2.12. The largest absolute Gasteiger partial charge is 0.370 e. The standard InChI is InChI=1S/C15H20O/c1-11-9-12(2)16-15(10-11)13(3)14-7-5-4-6-8-14/h4-9,12-13,15H,10H2,1-3H3/t12-,13?,15-/m1/s1. The lowest BCUT2D eigenvalue weighted by atomic mass is 9.89. The summed E-state index contributed by atoms with van der Waals surface area (Å²) in [6, 6.07) is 10.6. The van der Waals surface area contributed by atoms with Crippen molar-refractivity contribution in [1.29, 1.82) is 0 Å². The van der Waals surface area contributed by atoms with E-state index < -0.39 is 0 Å². The zero-order chi connectivity index (χ0) is 11.5. The molecule has 3 atom stereocenters. The van der Waals surface area contributed by atoms with Crippen LogP contribution in [0.1, 0.15) is 38.7 Å². The van der Waals surface area contributed by atoms with Crippen LogP contribution in [0.2, 0.25) is 0 Å². The van der Waals surface area contributed by atoms with Gasteiger partial charge in [-0.25, -0.2) is 0 Å². The van der Waals surface area contributed by atoms with Crippen LogP contribution in [0.4, 0.5) is 0 Å². The lowest BCUT2D eigenvalue weighted by molar-refractivity contribution is -0.000553. The highest BCUT2D eigenvalue weighted by atomic mass is 16.5. The minimum Gasteiger partial charge on any atom is -0.370 e. The molecule has 1 heterocycles. The van der Waals surface area contributed by atoms with Crippen molar-refractivity contribution in [2.75, 3.05) is 0 Å². The minimum atomic E-state index is 0.255. The Morgan fingerprint density at radius 2 is 1.94 bits per heavy atom. The van der Waals surface area contributed by atoms with Crippen LogP contribution in [-0.4, -0.2) is 12.2 Å². The van der Waals surface area contributed by atoms with E-state index in [-0.39, 0.29) is 6.10 Å². The molecule has 1 aromatic carbocycles. The van der Waals surface area contributed by atoms with Gasteiger partial charge in [0, 0.05) is 5.92 Å². The highest BCUT2D eigenvalue weighted by Crippen LogP contribution is 2.30. The van der Waals surface area contributed by atoms with E-state index in [4.69, 9.17) is 4.74 Å². The second-order valence-corrected chi connectivity index (χ2v) is 4.80.